The highest BCUT2D eigenvalue weighted by Gasteiger charge is 2.31. The molecule has 1 aliphatic rings. The van der Waals surface area contributed by atoms with Crippen molar-refractivity contribution in [3.05, 3.63) is 65.7 Å². The molecule has 5 nitrogen and oxygen atoms in total. The molecule has 1 saturated heterocycles. The topological polar surface area (TPSA) is 56.7 Å². The van der Waals surface area contributed by atoms with Crippen LogP contribution in [0.1, 0.15) is 12.0 Å². The zero-order chi connectivity index (χ0) is 18.5. The fourth-order valence-corrected chi connectivity index (χ4v) is 2.91. The third-order valence-electron chi connectivity index (χ3n) is 4.21. The van der Waals surface area contributed by atoms with Gasteiger partial charge in [-0.25, -0.2) is 8.78 Å². The van der Waals surface area contributed by atoms with Gasteiger partial charge in [-0.2, -0.15) is 0 Å². The number of hydrogen-bond acceptors (Lipinski definition) is 2. The Morgan fingerprint density at radius 3 is 2.73 bits per heavy atom. The number of halogens is 2. The lowest BCUT2D eigenvalue weighted by molar-refractivity contribution is -0.117. The lowest BCUT2D eigenvalue weighted by Gasteiger charge is -2.19. The zero-order valence-corrected chi connectivity index (χ0v) is 14.4. The molecule has 2 N–H and O–H groups in total. The number of para-hydroxylation sites is 1. The van der Waals surface area contributed by atoms with E-state index < -0.39 is 11.6 Å². The number of guanidine groups is 1. The number of carbonyl (C=O) groups excluding carboxylic acids is 1. The van der Waals surface area contributed by atoms with E-state index in [2.05, 4.69) is 15.6 Å². The maximum Gasteiger partial charge on any atom is 0.229 e. The molecule has 0 saturated carbocycles. The molecule has 136 valence electrons. The van der Waals surface area contributed by atoms with Crippen LogP contribution < -0.4 is 15.5 Å². The maximum atomic E-state index is 13.7. The zero-order valence-electron chi connectivity index (χ0n) is 14.4. The predicted molar refractivity (Wildman–Crippen MR) is 96.9 cm³/mol. The summed E-state index contributed by atoms with van der Waals surface area (Å²) in [5.74, 6) is -0.520. The second-order valence-corrected chi connectivity index (χ2v) is 6.05. The fraction of sp³-hybridized carbons (Fsp3) is 0.263. The summed E-state index contributed by atoms with van der Waals surface area (Å²) in [4.78, 5) is 18.1. The molecular weight excluding hydrogens is 338 g/mol. The number of amides is 1. The third-order valence-corrected chi connectivity index (χ3v) is 4.21. The van der Waals surface area contributed by atoms with Crippen LogP contribution in [0.2, 0.25) is 0 Å². The van der Waals surface area contributed by atoms with Crippen molar-refractivity contribution in [2.75, 3.05) is 18.5 Å². The predicted octanol–water partition coefficient (Wildman–Crippen LogP) is 2.44. The molecule has 2 aromatic carbocycles. The highest BCUT2D eigenvalue weighted by atomic mass is 19.1. The van der Waals surface area contributed by atoms with E-state index >= 15 is 0 Å². The molecule has 26 heavy (non-hydrogen) atoms. The van der Waals surface area contributed by atoms with Crippen molar-refractivity contribution in [2.24, 2.45) is 4.99 Å². The van der Waals surface area contributed by atoms with Crippen LogP contribution in [0.15, 0.2) is 53.5 Å². The van der Waals surface area contributed by atoms with Crippen LogP contribution in [-0.2, 0) is 11.3 Å². The first kappa shape index (κ1) is 17.8. The average molecular weight is 358 g/mol. The second kappa shape index (κ2) is 7.95. The van der Waals surface area contributed by atoms with Crippen molar-refractivity contribution >= 4 is 17.6 Å². The van der Waals surface area contributed by atoms with Crippen LogP contribution >= 0.6 is 0 Å². The number of rotatable bonds is 4. The molecule has 0 radical (unpaired) electrons. The van der Waals surface area contributed by atoms with Crippen LogP contribution in [0.3, 0.4) is 0 Å². The first-order valence-electron chi connectivity index (χ1n) is 8.33. The monoisotopic (exact) mass is 358 g/mol. The Hall–Kier alpha value is -2.96. The third kappa shape index (κ3) is 4.17. The Bertz CT molecular complexity index is 810. The normalized spacial score (nSPS) is 17.5. The first-order valence-corrected chi connectivity index (χ1v) is 8.33. The van der Waals surface area contributed by atoms with E-state index in [0.29, 0.717) is 18.9 Å². The van der Waals surface area contributed by atoms with Crippen LogP contribution in [0.5, 0.6) is 0 Å². The van der Waals surface area contributed by atoms with Crippen molar-refractivity contribution in [1.82, 2.24) is 10.6 Å². The summed E-state index contributed by atoms with van der Waals surface area (Å²) in [7, 11) is 1.59. The van der Waals surface area contributed by atoms with Gasteiger partial charge in [0, 0.05) is 37.8 Å². The lowest BCUT2D eigenvalue weighted by Crippen LogP contribution is -2.44. The molecule has 3 rings (SSSR count). The molecule has 1 heterocycles. The van der Waals surface area contributed by atoms with Crippen molar-refractivity contribution in [1.29, 1.82) is 0 Å². The first-order chi connectivity index (χ1) is 12.6. The highest BCUT2D eigenvalue weighted by Crippen LogP contribution is 2.21. The van der Waals surface area contributed by atoms with Gasteiger partial charge in [0.25, 0.3) is 0 Å². The molecule has 0 aliphatic carbocycles. The van der Waals surface area contributed by atoms with Crippen LogP contribution in [-0.4, -0.2) is 31.5 Å². The Kier molecular flexibility index (Phi) is 5.46. The SMILES string of the molecule is CN=C(NCc1cc(F)ccc1F)NC1CC(=O)N(c2ccccc2)C1. The van der Waals surface area contributed by atoms with Gasteiger partial charge < -0.3 is 15.5 Å². The number of nitrogens with one attached hydrogen (secondary N) is 2. The summed E-state index contributed by atoms with van der Waals surface area (Å²) >= 11 is 0. The Balaban J connectivity index is 1.59. The lowest BCUT2D eigenvalue weighted by atomic mass is 10.2. The number of hydrogen-bond donors (Lipinski definition) is 2. The largest absolute Gasteiger partial charge is 0.352 e. The Morgan fingerprint density at radius 2 is 2.00 bits per heavy atom. The molecule has 1 unspecified atom stereocenters. The van der Waals surface area contributed by atoms with E-state index in [9.17, 15) is 13.6 Å². The van der Waals surface area contributed by atoms with Crippen molar-refractivity contribution in [3.63, 3.8) is 0 Å². The average Bonchev–Trinajstić information content (AvgIpc) is 3.02. The molecule has 7 heteroatoms. The van der Waals surface area contributed by atoms with Crippen molar-refractivity contribution in [2.45, 2.75) is 19.0 Å². The van der Waals surface area contributed by atoms with Gasteiger partial charge in [-0.1, -0.05) is 18.2 Å². The van der Waals surface area contributed by atoms with E-state index in [-0.39, 0.29) is 24.1 Å². The molecule has 1 fully saturated rings. The number of nitrogens with zero attached hydrogens (tertiary/aromatic N) is 2. The summed E-state index contributed by atoms with van der Waals surface area (Å²) in [5, 5.41) is 6.11. The van der Waals surface area contributed by atoms with E-state index in [1.165, 1.54) is 0 Å². The molecule has 0 bridgehead atoms. The maximum absolute atomic E-state index is 13.7. The molecule has 1 atom stereocenters. The Labute approximate surface area is 150 Å². The fourth-order valence-electron chi connectivity index (χ4n) is 2.91. The number of aliphatic imine (C=N–C) groups is 1. The molecule has 1 aliphatic heterocycles. The van der Waals surface area contributed by atoms with Gasteiger partial charge in [0.05, 0.1) is 6.04 Å². The number of carbonyl (C=O) groups is 1. The summed E-state index contributed by atoms with van der Waals surface area (Å²) in [5.41, 5.74) is 1.06. The molecule has 1 amide bonds. The molecule has 2 aromatic rings. The summed E-state index contributed by atoms with van der Waals surface area (Å²) in [6, 6.07) is 12.6. The van der Waals surface area contributed by atoms with Gasteiger partial charge in [0.1, 0.15) is 11.6 Å². The molecule has 0 aromatic heterocycles. The van der Waals surface area contributed by atoms with E-state index in [0.717, 1.165) is 23.9 Å². The van der Waals surface area contributed by atoms with Crippen LogP contribution in [0.25, 0.3) is 0 Å². The van der Waals surface area contributed by atoms with Crippen molar-refractivity contribution < 1.29 is 13.6 Å². The van der Waals surface area contributed by atoms with Gasteiger partial charge >= 0.3 is 0 Å². The van der Waals surface area contributed by atoms with Gasteiger partial charge in [0.15, 0.2) is 5.96 Å². The number of anilines is 1. The standard InChI is InChI=1S/C19H20F2N4O/c1-22-19(23-11-13-9-14(20)7-8-17(13)21)24-15-10-18(26)25(12-15)16-5-3-2-4-6-16/h2-9,15H,10-12H2,1H3,(H2,22,23,24). The minimum absolute atomic E-state index is 0.0281. The second-order valence-electron chi connectivity index (χ2n) is 6.05. The molecular formula is C19H20F2N4O. The summed E-state index contributed by atoms with van der Waals surface area (Å²) in [6.07, 6.45) is 0.337. The van der Waals surface area contributed by atoms with E-state index in [1.54, 1.807) is 11.9 Å². The van der Waals surface area contributed by atoms with Crippen LogP contribution in [0.4, 0.5) is 14.5 Å². The molecule has 0 spiro atoms. The quantitative estimate of drug-likeness (QED) is 0.652. The van der Waals surface area contributed by atoms with Gasteiger partial charge in [-0.05, 0) is 30.3 Å². The van der Waals surface area contributed by atoms with E-state index in [1.807, 2.05) is 30.3 Å². The van der Waals surface area contributed by atoms with Crippen LogP contribution in [0, 0.1) is 11.6 Å². The highest BCUT2D eigenvalue weighted by molar-refractivity contribution is 5.97. The Morgan fingerprint density at radius 1 is 1.23 bits per heavy atom. The summed E-state index contributed by atoms with van der Waals surface area (Å²) < 4.78 is 26.9. The smallest absolute Gasteiger partial charge is 0.229 e. The van der Waals surface area contributed by atoms with Gasteiger partial charge in [0.2, 0.25) is 5.91 Å². The minimum atomic E-state index is -0.494. The van der Waals surface area contributed by atoms with Crippen molar-refractivity contribution in [3.8, 4) is 0 Å². The van der Waals surface area contributed by atoms with Gasteiger partial charge in [-0.15, -0.1) is 0 Å². The van der Waals surface area contributed by atoms with E-state index in [4.69, 9.17) is 0 Å². The minimum Gasteiger partial charge on any atom is -0.352 e. The summed E-state index contributed by atoms with van der Waals surface area (Å²) in [6.45, 7) is 0.601. The van der Waals surface area contributed by atoms with Gasteiger partial charge in [-0.3, -0.25) is 9.79 Å². The number of benzene rings is 2.